The highest BCUT2D eigenvalue weighted by Crippen LogP contribution is 2.25. The molecule has 1 aromatic heterocycles. The molecule has 0 aliphatic carbocycles. The van der Waals surface area contributed by atoms with E-state index in [2.05, 4.69) is 37.9 Å². The third-order valence-electron chi connectivity index (χ3n) is 4.15. The number of benzene rings is 2. The molecule has 1 heterocycles. The van der Waals surface area contributed by atoms with Crippen molar-refractivity contribution in [2.24, 2.45) is 0 Å². The van der Waals surface area contributed by atoms with E-state index in [0.29, 0.717) is 10.9 Å². The largest absolute Gasteiger partial charge is 0.354 e. The summed E-state index contributed by atoms with van der Waals surface area (Å²) in [6.07, 6.45) is 0.992. The molecule has 0 fully saturated rings. The topological polar surface area (TPSA) is 32.9 Å². The number of aromatic amines is 1. The molecule has 0 atom stereocenters. The Morgan fingerprint density at radius 1 is 1.05 bits per heavy atom. The number of halogens is 1. The SMILES string of the molecule is CCc1c(C)cc(-c2cc(=O)c3cc(F)ccc3[nH]2)cc1C. The summed E-state index contributed by atoms with van der Waals surface area (Å²) in [6.45, 7) is 6.31. The first-order valence-corrected chi connectivity index (χ1v) is 7.42. The lowest BCUT2D eigenvalue weighted by molar-refractivity contribution is 0.629. The molecule has 112 valence electrons. The zero-order valence-corrected chi connectivity index (χ0v) is 13.0. The van der Waals surface area contributed by atoms with Crippen LogP contribution in [0.5, 0.6) is 0 Å². The summed E-state index contributed by atoms with van der Waals surface area (Å²) in [5.74, 6) is -0.398. The quantitative estimate of drug-likeness (QED) is 0.741. The lowest BCUT2D eigenvalue weighted by Gasteiger charge is -2.12. The molecule has 0 amide bonds. The molecule has 1 N–H and O–H groups in total. The molecule has 2 nitrogen and oxygen atoms in total. The van der Waals surface area contributed by atoms with Crippen molar-refractivity contribution in [1.82, 2.24) is 4.98 Å². The van der Waals surface area contributed by atoms with Gasteiger partial charge >= 0.3 is 0 Å². The lowest BCUT2D eigenvalue weighted by atomic mass is 9.96. The highest BCUT2D eigenvalue weighted by Gasteiger charge is 2.08. The van der Waals surface area contributed by atoms with Gasteiger partial charge in [0.25, 0.3) is 0 Å². The van der Waals surface area contributed by atoms with Crippen molar-refractivity contribution >= 4 is 10.9 Å². The van der Waals surface area contributed by atoms with E-state index in [1.54, 1.807) is 12.1 Å². The third kappa shape index (κ3) is 2.43. The Labute approximate surface area is 128 Å². The van der Waals surface area contributed by atoms with Crippen LogP contribution in [0, 0.1) is 19.7 Å². The maximum Gasteiger partial charge on any atom is 0.190 e. The van der Waals surface area contributed by atoms with Crippen molar-refractivity contribution in [1.29, 1.82) is 0 Å². The minimum absolute atomic E-state index is 0.168. The summed E-state index contributed by atoms with van der Waals surface area (Å²) < 4.78 is 13.3. The van der Waals surface area contributed by atoms with Crippen LogP contribution in [0.4, 0.5) is 4.39 Å². The second-order valence-corrected chi connectivity index (χ2v) is 5.68. The Hall–Kier alpha value is -2.42. The lowest BCUT2D eigenvalue weighted by Crippen LogP contribution is -2.04. The molecular formula is C19H18FNO. The average molecular weight is 295 g/mol. The van der Waals surface area contributed by atoms with Crippen molar-refractivity contribution in [3.8, 4) is 11.3 Å². The van der Waals surface area contributed by atoms with Crippen molar-refractivity contribution in [2.75, 3.05) is 0 Å². The fourth-order valence-corrected chi connectivity index (χ4v) is 3.08. The zero-order valence-electron chi connectivity index (χ0n) is 13.0. The summed E-state index contributed by atoms with van der Waals surface area (Å²) in [5, 5.41) is 0.377. The van der Waals surface area contributed by atoms with Gasteiger partial charge in [-0.1, -0.05) is 6.92 Å². The summed E-state index contributed by atoms with van der Waals surface area (Å²) in [5.41, 5.74) is 6.01. The van der Waals surface area contributed by atoms with Gasteiger partial charge in [-0.2, -0.15) is 0 Å². The monoisotopic (exact) mass is 295 g/mol. The number of aryl methyl sites for hydroxylation is 2. The summed E-state index contributed by atoms with van der Waals surface area (Å²) >= 11 is 0. The molecule has 0 saturated heterocycles. The molecule has 0 aliphatic heterocycles. The van der Waals surface area contributed by atoms with Crippen LogP contribution >= 0.6 is 0 Å². The van der Waals surface area contributed by atoms with E-state index in [1.165, 1.54) is 28.8 Å². The molecule has 0 bridgehead atoms. The van der Waals surface area contributed by atoms with Crippen LogP contribution in [-0.4, -0.2) is 4.98 Å². The van der Waals surface area contributed by atoms with Gasteiger partial charge < -0.3 is 4.98 Å². The van der Waals surface area contributed by atoms with E-state index in [1.807, 2.05) is 0 Å². The van der Waals surface area contributed by atoms with E-state index < -0.39 is 5.82 Å². The van der Waals surface area contributed by atoms with E-state index in [9.17, 15) is 9.18 Å². The Kier molecular flexibility index (Phi) is 3.57. The van der Waals surface area contributed by atoms with Crippen LogP contribution in [0.2, 0.25) is 0 Å². The summed E-state index contributed by atoms with van der Waals surface area (Å²) in [4.78, 5) is 15.5. The van der Waals surface area contributed by atoms with Crippen LogP contribution in [-0.2, 0) is 6.42 Å². The minimum atomic E-state index is -0.398. The summed E-state index contributed by atoms with van der Waals surface area (Å²) in [6, 6.07) is 9.96. The maximum absolute atomic E-state index is 13.3. The molecular weight excluding hydrogens is 277 g/mol. The van der Waals surface area contributed by atoms with Crippen molar-refractivity contribution in [3.05, 3.63) is 69.1 Å². The molecule has 0 saturated carbocycles. The van der Waals surface area contributed by atoms with Crippen LogP contribution in [0.1, 0.15) is 23.6 Å². The van der Waals surface area contributed by atoms with E-state index >= 15 is 0 Å². The van der Waals surface area contributed by atoms with Gasteiger partial charge in [0.2, 0.25) is 0 Å². The first kappa shape index (κ1) is 14.5. The molecule has 0 spiro atoms. The Morgan fingerprint density at radius 3 is 2.36 bits per heavy atom. The van der Waals surface area contributed by atoms with Crippen LogP contribution in [0.15, 0.2) is 41.2 Å². The molecule has 0 unspecified atom stereocenters. The summed E-state index contributed by atoms with van der Waals surface area (Å²) in [7, 11) is 0. The Bertz CT molecular complexity index is 901. The van der Waals surface area contributed by atoms with Crippen molar-refractivity contribution in [3.63, 3.8) is 0 Å². The molecule has 0 aliphatic rings. The molecule has 2 aromatic carbocycles. The fourth-order valence-electron chi connectivity index (χ4n) is 3.08. The second-order valence-electron chi connectivity index (χ2n) is 5.68. The normalized spacial score (nSPS) is 11.1. The fraction of sp³-hybridized carbons (Fsp3) is 0.211. The van der Waals surface area contributed by atoms with Crippen LogP contribution in [0.25, 0.3) is 22.2 Å². The van der Waals surface area contributed by atoms with E-state index in [4.69, 9.17) is 0 Å². The number of nitrogens with one attached hydrogen (secondary N) is 1. The predicted molar refractivity (Wildman–Crippen MR) is 88.8 cm³/mol. The second kappa shape index (κ2) is 5.41. The van der Waals surface area contributed by atoms with Gasteiger partial charge in [0.1, 0.15) is 5.82 Å². The smallest absolute Gasteiger partial charge is 0.190 e. The number of pyridine rings is 1. The van der Waals surface area contributed by atoms with Crippen LogP contribution < -0.4 is 5.43 Å². The number of fused-ring (bicyclic) bond motifs is 1. The molecule has 22 heavy (non-hydrogen) atoms. The predicted octanol–water partition coefficient (Wildman–Crippen LogP) is 4.51. The van der Waals surface area contributed by atoms with Gasteiger partial charge in [0.05, 0.1) is 0 Å². The van der Waals surface area contributed by atoms with Crippen LogP contribution in [0.3, 0.4) is 0 Å². The van der Waals surface area contributed by atoms with E-state index in [-0.39, 0.29) is 5.43 Å². The number of H-pyrrole nitrogens is 1. The van der Waals surface area contributed by atoms with Gasteiger partial charge in [0, 0.05) is 22.7 Å². The van der Waals surface area contributed by atoms with Gasteiger partial charge in [0.15, 0.2) is 5.43 Å². The van der Waals surface area contributed by atoms with Gasteiger partial charge in [-0.3, -0.25) is 4.79 Å². The number of aromatic nitrogens is 1. The van der Waals surface area contributed by atoms with Gasteiger partial charge in [-0.25, -0.2) is 4.39 Å². The molecule has 3 rings (SSSR count). The van der Waals surface area contributed by atoms with Gasteiger partial charge in [-0.15, -0.1) is 0 Å². The molecule has 0 radical (unpaired) electrons. The number of hydrogen-bond donors (Lipinski definition) is 1. The number of rotatable bonds is 2. The Morgan fingerprint density at radius 2 is 1.73 bits per heavy atom. The molecule has 3 aromatic rings. The van der Waals surface area contributed by atoms with Gasteiger partial charge in [-0.05, 0) is 72.9 Å². The standard InChI is InChI=1S/C19H18FNO/c1-4-15-11(2)7-13(8-12(15)3)18-10-19(22)16-9-14(20)5-6-17(16)21-18/h5-10H,4H2,1-3H3,(H,21,22). The maximum atomic E-state index is 13.3. The number of hydrogen-bond acceptors (Lipinski definition) is 1. The first-order valence-electron chi connectivity index (χ1n) is 7.42. The zero-order chi connectivity index (χ0) is 15.9. The van der Waals surface area contributed by atoms with E-state index in [0.717, 1.165) is 17.7 Å². The highest BCUT2D eigenvalue weighted by molar-refractivity contribution is 5.81. The third-order valence-corrected chi connectivity index (χ3v) is 4.15. The minimum Gasteiger partial charge on any atom is -0.354 e. The molecule has 3 heteroatoms. The van der Waals surface area contributed by atoms with Crippen molar-refractivity contribution in [2.45, 2.75) is 27.2 Å². The highest BCUT2D eigenvalue weighted by atomic mass is 19.1. The average Bonchev–Trinajstić information content (AvgIpc) is 2.47. The van der Waals surface area contributed by atoms with Crippen molar-refractivity contribution < 1.29 is 4.39 Å². The first-order chi connectivity index (χ1) is 10.5. The Balaban J connectivity index is 2.23.